The molecule has 0 spiro atoms. The Bertz CT molecular complexity index is 374. The van der Waals surface area contributed by atoms with Crippen molar-refractivity contribution in [1.29, 1.82) is 0 Å². The molecule has 0 atom stereocenters. The van der Waals surface area contributed by atoms with E-state index >= 15 is 0 Å². The molecule has 0 aliphatic heterocycles. The van der Waals surface area contributed by atoms with Gasteiger partial charge in [-0.05, 0) is 17.9 Å². The van der Waals surface area contributed by atoms with Crippen LogP contribution in [-0.4, -0.2) is 17.4 Å². The first-order valence-electron chi connectivity index (χ1n) is 5.44. The van der Waals surface area contributed by atoms with Gasteiger partial charge in [0.25, 0.3) is 5.91 Å². The first-order chi connectivity index (χ1) is 7.46. The molecule has 0 saturated carbocycles. The van der Waals surface area contributed by atoms with Crippen LogP contribution in [0.1, 0.15) is 37.6 Å². The van der Waals surface area contributed by atoms with Gasteiger partial charge in [-0.15, -0.1) is 0 Å². The fourth-order valence-corrected chi connectivity index (χ4v) is 1.15. The molecule has 1 rings (SSSR count). The molecular formula is C12H19N3O. The third kappa shape index (κ3) is 3.22. The lowest BCUT2D eigenvalue weighted by atomic mass is 9.90. The quantitative estimate of drug-likeness (QED) is 0.815. The summed E-state index contributed by atoms with van der Waals surface area (Å²) in [6, 6.07) is 1.63. The van der Waals surface area contributed by atoms with Crippen molar-refractivity contribution in [2.24, 2.45) is 5.41 Å². The molecule has 0 saturated heterocycles. The van der Waals surface area contributed by atoms with Crippen molar-refractivity contribution in [2.75, 3.05) is 12.3 Å². The van der Waals surface area contributed by atoms with Gasteiger partial charge in [0, 0.05) is 12.7 Å². The minimum atomic E-state index is -0.138. The molecule has 0 fully saturated rings. The van der Waals surface area contributed by atoms with Crippen molar-refractivity contribution >= 4 is 11.6 Å². The Morgan fingerprint density at radius 2 is 2.25 bits per heavy atom. The number of nitrogens with zero attached hydrogens (tertiary/aromatic N) is 1. The monoisotopic (exact) mass is 221 g/mol. The zero-order chi connectivity index (χ0) is 12.2. The van der Waals surface area contributed by atoms with Crippen LogP contribution in [0.2, 0.25) is 0 Å². The molecule has 4 nitrogen and oxygen atoms in total. The summed E-state index contributed by atoms with van der Waals surface area (Å²) in [7, 11) is 0. The first-order valence-corrected chi connectivity index (χ1v) is 5.44. The van der Waals surface area contributed by atoms with E-state index in [4.69, 9.17) is 5.73 Å². The van der Waals surface area contributed by atoms with Crippen molar-refractivity contribution in [2.45, 2.75) is 27.2 Å². The Morgan fingerprint density at radius 3 is 2.81 bits per heavy atom. The van der Waals surface area contributed by atoms with Crippen LogP contribution in [0.25, 0.3) is 0 Å². The zero-order valence-electron chi connectivity index (χ0n) is 10.1. The summed E-state index contributed by atoms with van der Waals surface area (Å²) in [6.07, 6.45) is 4.06. The van der Waals surface area contributed by atoms with Crippen molar-refractivity contribution in [3.05, 3.63) is 24.0 Å². The van der Waals surface area contributed by atoms with E-state index in [1.54, 1.807) is 12.3 Å². The van der Waals surface area contributed by atoms with Crippen LogP contribution in [0.4, 0.5) is 5.69 Å². The largest absolute Gasteiger partial charge is 0.397 e. The van der Waals surface area contributed by atoms with Crippen LogP contribution in [0.15, 0.2) is 18.5 Å². The number of hydrogen-bond donors (Lipinski definition) is 2. The lowest BCUT2D eigenvalue weighted by Gasteiger charge is -2.22. The Labute approximate surface area is 96.3 Å². The van der Waals surface area contributed by atoms with Gasteiger partial charge in [0.05, 0.1) is 17.4 Å². The molecule has 0 aliphatic carbocycles. The standard InChI is InChI=1S/C12H19N3O/c1-4-12(2,3)8-15-11(16)9-5-6-14-7-10(9)13/h5-7H,4,8,13H2,1-3H3,(H,15,16). The van der Waals surface area contributed by atoms with Crippen LogP contribution in [0.3, 0.4) is 0 Å². The summed E-state index contributed by atoms with van der Waals surface area (Å²) in [6.45, 7) is 6.98. The maximum atomic E-state index is 11.8. The van der Waals surface area contributed by atoms with Crippen LogP contribution in [-0.2, 0) is 0 Å². The highest BCUT2D eigenvalue weighted by Crippen LogP contribution is 2.18. The second-order valence-electron chi connectivity index (χ2n) is 4.66. The van der Waals surface area contributed by atoms with Gasteiger partial charge in [0.1, 0.15) is 0 Å². The maximum absolute atomic E-state index is 11.8. The average Bonchev–Trinajstić information content (AvgIpc) is 2.27. The molecule has 4 heteroatoms. The van der Waals surface area contributed by atoms with E-state index in [1.807, 2.05) is 0 Å². The van der Waals surface area contributed by atoms with Crippen LogP contribution in [0, 0.1) is 5.41 Å². The lowest BCUT2D eigenvalue weighted by Crippen LogP contribution is -2.33. The molecule has 16 heavy (non-hydrogen) atoms. The van der Waals surface area contributed by atoms with Gasteiger partial charge in [0.2, 0.25) is 0 Å². The van der Waals surface area contributed by atoms with E-state index in [9.17, 15) is 4.79 Å². The minimum Gasteiger partial charge on any atom is -0.397 e. The molecule has 0 aromatic carbocycles. The zero-order valence-corrected chi connectivity index (χ0v) is 10.1. The van der Waals surface area contributed by atoms with Crippen LogP contribution in [0.5, 0.6) is 0 Å². The third-order valence-corrected chi connectivity index (χ3v) is 2.78. The van der Waals surface area contributed by atoms with Gasteiger partial charge in [0.15, 0.2) is 0 Å². The molecule has 0 radical (unpaired) electrons. The van der Waals surface area contributed by atoms with E-state index in [1.165, 1.54) is 6.20 Å². The second kappa shape index (κ2) is 4.96. The molecule has 0 aliphatic rings. The van der Waals surface area contributed by atoms with Gasteiger partial charge in [-0.1, -0.05) is 20.8 Å². The number of nitrogen functional groups attached to an aromatic ring is 1. The van der Waals surface area contributed by atoms with Gasteiger partial charge in [-0.2, -0.15) is 0 Å². The number of pyridine rings is 1. The Kier molecular flexibility index (Phi) is 3.88. The number of anilines is 1. The summed E-state index contributed by atoms with van der Waals surface area (Å²) in [5, 5.41) is 2.88. The predicted molar refractivity (Wildman–Crippen MR) is 65.1 cm³/mol. The van der Waals surface area contributed by atoms with E-state index in [0.717, 1.165) is 6.42 Å². The number of carbonyl (C=O) groups excluding carboxylic acids is 1. The summed E-state index contributed by atoms with van der Waals surface area (Å²) in [5.41, 5.74) is 6.68. The second-order valence-corrected chi connectivity index (χ2v) is 4.66. The number of nitrogens with one attached hydrogen (secondary N) is 1. The SMILES string of the molecule is CCC(C)(C)CNC(=O)c1ccncc1N. The van der Waals surface area contributed by atoms with Crippen molar-refractivity contribution in [3.63, 3.8) is 0 Å². The molecule has 1 amide bonds. The third-order valence-electron chi connectivity index (χ3n) is 2.78. The molecule has 0 bridgehead atoms. The van der Waals surface area contributed by atoms with Crippen molar-refractivity contribution < 1.29 is 4.79 Å². The molecule has 1 aromatic heterocycles. The fraction of sp³-hybridized carbons (Fsp3) is 0.500. The summed E-state index contributed by atoms with van der Waals surface area (Å²) < 4.78 is 0. The van der Waals surface area contributed by atoms with Gasteiger partial charge < -0.3 is 11.1 Å². The highest BCUT2D eigenvalue weighted by atomic mass is 16.1. The smallest absolute Gasteiger partial charge is 0.253 e. The minimum absolute atomic E-state index is 0.109. The lowest BCUT2D eigenvalue weighted by molar-refractivity contribution is 0.0936. The molecule has 88 valence electrons. The van der Waals surface area contributed by atoms with Crippen LogP contribution >= 0.6 is 0 Å². The number of hydrogen-bond acceptors (Lipinski definition) is 3. The number of amides is 1. The van der Waals surface area contributed by atoms with Crippen LogP contribution < -0.4 is 11.1 Å². The van der Waals surface area contributed by atoms with E-state index < -0.39 is 0 Å². The topological polar surface area (TPSA) is 68.0 Å². The Balaban J connectivity index is 2.64. The highest BCUT2D eigenvalue weighted by Gasteiger charge is 2.17. The number of carbonyl (C=O) groups is 1. The Hall–Kier alpha value is -1.58. The van der Waals surface area contributed by atoms with E-state index in [0.29, 0.717) is 17.8 Å². The highest BCUT2D eigenvalue weighted by molar-refractivity contribution is 5.98. The summed E-state index contributed by atoms with van der Waals surface area (Å²) >= 11 is 0. The molecular weight excluding hydrogens is 202 g/mol. The summed E-state index contributed by atoms with van der Waals surface area (Å²) in [5.74, 6) is -0.138. The molecule has 1 aromatic rings. The normalized spacial score (nSPS) is 11.2. The fourth-order valence-electron chi connectivity index (χ4n) is 1.15. The van der Waals surface area contributed by atoms with Crippen molar-refractivity contribution in [3.8, 4) is 0 Å². The summed E-state index contributed by atoms with van der Waals surface area (Å²) in [4.78, 5) is 15.7. The molecule has 0 unspecified atom stereocenters. The maximum Gasteiger partial charge on any atom is 0.253 e. The first kappa shape index (κ1) is 12.5. The van der Waals surface area contributed by atoms with Gasteiger partial charge >= 0.3 is 0 Å². The number of nitrogens with two attached hydrogens (primary N) is 1. The van der Waals surface area contributed by atoms with E-state index in [-0.39, 0.29) is 11.3 Å². The Morgan fingerprint density at radius 1 is 1.56 bits per heavy atom. The van der Waals surface area contributed by atoms with E-state index in [2.05, 4.69) is 31.1 Å². The number of aromatic nitrogens is 1. The van der Waals surface area contributed by atoms with Gasteiger partial charge in [-0.25, -0.2) is 0 Å². The molecule has 3 N–H and O–H groups in total. The van der Waals surface area contributed by atoms with Crippen molar-refractivity contribution in [1.82, 2.24) is 10.3 Å². The average molecular weight is 221 g/mol. The van der Waals surface area contributed by atoms with Gasteiger partial charge in [-0.3, -0.25) is 9.78 Å². The predicted octanol–water partition coefficient (Wildman–Crippen LogP) is 1.83. The molecule has 1 heterocycles. The number of rotatable bonds is 4.